The second-order valence-corrected chi connectivity index (χ2v) is 17.5. The van der Waals surface area contributed by atoms with Crippen molar-refractivity contribution < 1.29 is 0 Å². The third kappa shape index (κ3) is 4.15. The highest BCUT2D eigenvalue weighted by molar-refractivity contribution is 6.30. The lowest BCUT2D eigenvalue weighted by molar-refractivity contribution is 0.802. The zero-order valence-electron chi connectivity index (χ0n) is 34.0. The quantitative estimate of drug-likeness (QED) is 0.148. The van der Waals surface area contributed by atoms with E-state index in [0.717, 1.165) is 39.5 Å². The second kappa shape index (κ2) is 12.0. The Kier molecular flexibility index (Phi) is 6.41. The van der Waals surface area contributed by atoms with Crippen molar-refractivity contribution in [3.8, 4) is 33.4 Å². The van der Waals surface area contributed by atoms with E-state index < -0.39 is 5.41 Å². The van der Waals surface area contributed by atoms with Crippen LogP contribution in [0.4, 0.5) is 11.4 Å². The van der Waals surface area contributed by atoms with Crippen LogP contribution in [-0.4, -0.2) is 16.1 Å². The molecular formula is C60H35N3. The normalized spacial score (nSPS) is 17.3. The maximum atomic E-state index is 5.54. The Morgan fingerprint density at radius 1 is 0.381 bits per heavy atom. The fraction of sp³-hybridized carbons (Fsp3) is 0.0333. The summed E-state index contributed by atoms with van der Waals surface area (Å²) in [5.74, 6) is 0.896. The van der Waals surface area contributed by atoms with Gasteiger partial charge in [0.05, 0.1) is 39.5 Å². The first-order chi connectivity index (χ1) is 31.3. The lowest BCUT2D eigenvalue weighted by Gasteiger charge is -2.32. The van der Waals surface area contributed by atoms with E-state index in [1.807, 2.05) is 0 Å². The van der Waals surface area contributed by atoms with E-state index in [2.05, 4.69) is 211 Å². The molecule has 3 heteroatoms. The van der Waals surface area contributed by atoms with Gasteiger partial charge < -0.3 is 0 Å². The Hall–Kier alpha value is -8.14. The molecule has 0 radical (unpaired) electrons. The van der Waals surface area contributed by atoms with Gasteiger partial charge in [-0.2, -0.15) is 0 Å². The molecule has 15 rings (SSSR count). The van der Waals surface area contributed by atoms with Gasteiger partial charge in [-0.15, -0.1) is 0 Å². The molecular weight excluding hydrogens is 763 g/mol. The zero-order chi connectivity index (χ0) is 41.0. The molecule has 2 atom stereocenters. The van der Waals surface area contributed by atoms with Crippen LogP contribution in [0.2, 0.25) is 0 Å². The van der Waals surface area contributed by atoms with Gasteiger partial charge in [-0.1, -0.05) is 176 Å². The van der Waals surface area contributed by atoms with E-state index in [9.17, 15) is 0 Å². The molecule has 2 aliphatic carbocycles. The minimum Gasteiger partial charge on any atom is -0.296 e. The van der Waals surface area contributed by atoms with Crippen LogP contribution in [-0.2, 0) is 5.41 Å². The van der Waals surface area contributed by atoms with Crippen molar-refractivity contribution in [1.29, 1.82) is 0 Å². The largest absolute Gasteiger partial charge is 0.296 e. The summed E-state index contributed by atoms with van der Waals surface area (Å²) >= 11 is 0. The van der Waals surface area contributed by atoms with Gasteiger partial charge in [0.25, 0.3) is 0 Å². The van der Waals surface area contributed by atoms with Crippen LogP contribution in [0, 0.1) is 0 Å². The number of para-hydroxylation sites is 3. The molecule has 63 heavy (non-hydrogen) atoms. The lowest BCUT2D eigenvalue weighted by Crippen LogP contribution is -2.29. The van der Waals surface area contributed by atoms with Crippen molar-refractivity contribution in [3.05, 3.63) is 240 Å². The third-order valence-electron chi connectivity index (χ3n) is 14.6. The van der Waals surface area contributed by atoms with Gasteiger partial charge in [-0.25, -0.2) is 4.99 Å². The van der Waals surface area contributed by atoms with Crippen molar-refractivity contribution >= 4 is 66.3 Å². The number of aliphatic imine (C=N–C) groups is 2. The lowest BCUT2D eigenvalue weighted by atomic mass is 9.69. The van der Waals surface area contributed by atoms with Crippen molar-refractivity contribution in [2.24, 2.45) is 9.98 Å². The third-order valence-corrected chi connectivity index (χ3v) is 14.6. The second-order valence-electron chi connectivity index (χ2n) is 17.5. The van der Waals surface area contributed by atoms with E-state index in [1.54, 1.807) is 0 Å². The fourth-order valence-electron chi connectivity index (χ4n) is 12.2. The van der Waals surface area contributed by atoms with Gasteiger partial charge in [0, 0.05) is 16.3 Å². The van der Waals surface area contributed by atoms with E-state index in [4.69, 9.17) is 9.98 Å². The highest BCUT2D eigenvalue weighted by Crippen LogP contribution is 2.65. The summed E-state index contributed by atoms with van der Waals surface area (Å²) in [5, 5.41) is 7.64. The van der Waals surface area contributed by atoms with Gasteiger partial charge in [-0.05, 0) is 113 Å². The molecule has 0 bridgehead atoms. The predicted octanol–water partition coefficient (Wildman–Crippen LogP) is 14.9. The number of rotatable bonds is 1. The summed E-state index contributed by atoms with van der Waals surface area (Å²) < 4.78 is 2.43. The van der Waals surface area contributed by atoms with E-state index in [-0.39, 0.29) is 5.92 Å². The maximum Gasteiger partial charge on any atom is 0.128 e. The molecule has 0 amide bonds. The van der Waals surface area contributed by atoms with Crippen molar-refractivity contribution in [2.45, 2.75) is 11.3 Å². The summed E-state index contributed by atoms with van der Waals surface area (Å²) in [5.41, 5.74) is 20.2. The first-order valence-electron chi connectivity index (χ1n) is 21.9. The van der Waals surface area contributed by atoms with Crippen LogP contribution in [0.3, 0.4) is 0 Å². The minimum atomic E-state index is -0.508. The highest BCUT2D eigenvalue weighted by atomic mass is 15.1. The molecule has 0 fully saturated rings. The minimum absolute atomic E-state index is 0.0921. The first kappa shape index (κ1) is 33.6. The topological polar surface area (TPSA) is 29.6 Å². The van der Waals surface area contributed by atoms with Crippen molar-refractivity contribution in [2.75, 3.05) is 0 Å². The van der Waals surface area contributed by atoms with Crippen LogP contribution in [0.25, 0.3) is 76.7 Å². The van der Waals surface area contributed by atoms with Crippen LogP contribution in [0.5, 0.6) is 0 Å². The monoisotopic (exact) mass is 797 g/mol. The fourth-order valence-corrected chi connectivity index (χ4v) is 12.2. The van der Waals surface area contributed by atoms with Crippen molar-refractivity contribution in [3.63, 3.8) is 0 Å². The smallest absolute Gasteiger partial charge is 0.128 e. The Bertz CT molecular complexity index is 3940. The van der Waals surface area contributed by atoms with Crippen LogP contribution in [0.1, 0.15) is 39.3 Å². The van der Waals surface area contributed by atoms with Gasteiger partial charge in [0.1, 0.15) is 5.84 Å². The molecule has 2 aliphatic heterocycles. The number of hydrogen-bond acceptors (Lipinski definition) is 2. The Balaban J connectivity index is 1.01. The van der Waals surface area contributed by atoms with Gasteiger partial charge in [0.15, 0.2) is 0 Å². The molecule has 1 spiro atoms. The predicted molar refractivity (Wildman–Crippen MR) is 261 cm³/mol. The Labute approximate surface area is 363 Å². The average molecular weight is 798 g/mol. The zero-order valence-corrected chi connectivity index (χ0v) is 34.0. The van der Waals surface area contributed by atoms with Gasteiger partial charge in [-0.3, -0.25) is 9.56 Å². The first-order valence-corrected chi connectivity index (χ1v) is 21.9. The van der Waals surface area contributed by atoms with Crippen LogP contribution < -0.4 is 0 Å². The molecule has 3 heterocycles. The average Bonchev–Trinajstić information content (AvgIpc) is 4.08. The van der Waals surface area contributed by atoms with Crippen LogP contribution >= 0.6 is 0 Å². The SMILES string of the molecule is c1ccc2c(c1)N=C(n1c3ccccc3c3ccc(-c4ccc5c(c4)C4(c6ccccc6-5)c5ccccc5-c5c4c4ccccc4c4ccccc54)cc31)C1C2=Nc2ccccc21. The molecule has 0 N–H and O–H groups in total. The van der Waals surface area contributed by atoms with E-state index in [0.29, 0.717) is 0 Å². The van der Waals surface area contributed by atoms with Gasteiger partial charge in [0.2, 0.25) is 0 Å². The molecule has 11 aromatic rings. The summed E-state index contributed by atoms with van der Waals surface area (Å²) in [6.45, 7) is 0. The van der Waals surface area contributed by atoms with Crippen LogP contribution in [0.15, 0.2) is 216 Å². The van der Waals surface area contributed by atoms with E-state index in [1.165, 1.54) is 93.5 Å². The number of hydrogen-bond donors (Lipinski definition) is 0. The molecule has 3 nitrogen and oxygen atoms in total. The highest BCUT2D eigenvalue weighted by Gasteiger charge is 2.53. The number of fused-ring (bicyclic) bond motifs is 23. The molecule has 4 aliphatic rings. The maximum absolute atomic E-state index is 5.54. The van der Waals surface area contributed by atoms with E-state index >= 15 is 0 Å². The molecule has 0 saturated heterocycles. The number of benzene rings is 10. The molecule has 2 unspecified atom stereocenters. The number of nitrogens with zero attached hydrogens (tertiary/aromatic N) is 3. The molecule has 290 valence electrons. The summed E-state index contributed by atoms with van der Waals surface area (Å²) in [7, 11) is 0. The summed E-state index contributed by atoms with van der Waals surface area (Å²) in [6, 6.07) is 76.6. The van der Waals surface area contributed by atoms with Gasteiger partial charge >= 0.3 is 0 Å². The molecule has 1 aromatic heterocycles. The summed E-state index contributed by atoms with van der Waals surface area (Å²) in [4.78, 5) is 10.8. The standard InChI is InChI=1S/C60H35N3/c1-3-19-43-37(15-1)38-16-2-4-20-44(38)57-55(43)45-21-6-11-25-49(45)60(57)48-24-10-5-17-39(48)40-31-29-35(33-50(40)60)36-30-32-42-41-18-9-14-28-53(41)63(54(42)34-36)59-56-46-22-7-12-26-51(46)61-58(56)47-23-8-13-27-52(47)62-59/h1-34,56H. The molecule has 10 aromatic carbocycles. The number of aromatic nitrogens is 1. The Morgan fingerprint density at radius 3 is 1.79 bits per heavy atom. The van der Waals surface area contributed by atoms with Crippen molar-refractivity contribution in [1.82, 2.24) is 4.57 Å². The Morgan fingerprint density at radius 2 is 0.952 bits per heavy atom. The summed E-state index contributed by atoms with van der Waals surface area (Å²) in [6.07, 6.45) is 0. The molecule has 0 saturated carbocycles.